The number of anilines is 1. The first-order valence-corrected chi connectivity index (χ1v) is 8.13. The minimum Gasteiger partial charge on any atom is -0.438 e. The molecule has 3 heterocycles. The van der Waals surface area contributed by atoms with E-state index in [1.165, 1.54) is 12.6 Å². The Morgan fingerprint density at radius 1 is 1.38 bits per heavy atom. The summed E-state index contributed by atoms with van der Waals surface area (Å²) < 4.78 is 4.99. The smallest absolute Gasteiger partial charge is 0.288 e. The van der Waals surface area contributed by atoms with Crippen LogP contribution in [0.2, 0.25) is 0 Å². The molecule has 2 aromatic heterocycles. The molecule has 1 unspecified atom stereocenters. The molecule has 4 rings (SSSR count). The lowest BCUT2D eigenvalue weighted by Gasteiger charge is -2.35. The molecule has 2 fully saturated rings. The molecule has 0 radical (unpaired) electrons. The van der Waals surface area contributed by atoms with E-state index in [-0.39, 0.29) is 23.8 Å². The quantitative estimate of drug-likeness (QED) is 0.851. The van der Waals surface area contributed by atoms with Crippen molar-refractivity contribution in [3.63, 3.8) is 0 Å². The van der Waals surface area contributed by atoms with E-state index in [0.29, 0.717) is 12.5 Å². The van der Waals surface area contributed by atoms with Crippen LogP contribution in [0.25, 0.3) is 0 Å². The molecule has 1 amide bonds. The predicted molar refractivity (Wildman–Crippen MR) is 84.6 cm³/mol. The molecule has 2 N–H and O–H groups in total. The van der Waals surface area contributed by atoms with Crippen molar-refractivity contribution in [2.45, 2.75) is 37.3 Å². The fourth-order valence-corrected chi connectivity index (χ4v) is 3.27. The molecule has 2 aliphatic rings. The summed E-state index contributed by atoms with van der Waals surface area (Å²) in [4.78, 5) is 26.4. The van der Waals surface area contributed by atoms with Gasteiger partial charge in [-0.25, -0.2) is 15.0 Å². The van der Waals surface area contributed by atoms with E-state index in [0.717, 1.165) is 37.3 Å². The monoisotopic (exact) mass is 329 g/mol. The molecular weight excluding hydrogens is 310 g/mol. The van der Waals surface area contributed by atoms with Crippen LogP contribution in [0.1, 0.15) is 41.4 Å². The minimum atomic E-state index is -0.275. The third kappa shape index (κ3) is 2.96. The molecule has 1 saturated carbocycles. The molecule has 24 heavy (non-hydrogen) atoms. The second-order valence-corrected chi connectivity index (χ2v) is 6.39. The van der Waals surface area contributed by atoms with Gasteiger partial charge in [0, 0.05) is 36.8 Å². The average Bonchev–Trinajstić information content (AvgIpc) is 3.22. The van der Waals surface area contributed by atoms with Gasteiger partial charge >= 0.3 is 0 Å². The van der Waals surface area contributed by atoms with Gasteiger partial charge < -0.3 is 19.7 Å². The van der Waals surface area contributed by atoms with E-state index in [2.05, 4.69) is 25.2 Å². The van der Waals surface area contributed by atoms with Crippen LogP contribution >= 0.6 is 0 Å². The number of nitrogens with zero attached hydrogens (tertiary/aromatic N) is 4. The third-order valence-corrected chi connectivity index (χ3v) is 4.71. The Kier molecular flexibility index (Phi) is 3.89. The number of β-amino-alcohol motifs (C(OH)–C–C–N with tert-alkyl or cyclic N) is 1. The molecule has 0 aromatic carbocycles. The number of carbonyl (C=O) groups excluding carboxylic acids is 1. The summed E-state index contributed by atoms with van der Waals surface area (Å²) in [5.41, 5.74) is 0.992. The Labute approximate surface area is 138 Å². The summed E-state index contributed by atoms with van der Waals surface area (Å²) in [6, 6.07) is 2.12. The molecule has 1 atom stereocenters. The Morgan fingerprint density at radius 3 is 2.96 bits per heavy atom. The Hall–Kier alpha value is -2.48. The Morgan fingerprint density at radius 2 is 2.25 bits per heavy atom. The molecule has 126 valence electrons. The first kappa shape index (κ1) is 15.1. The van der Waals surface area contributed by atoms with Crippen molar-refractivity contribution < 1.29 is 14.3 Å². The number of oxazole rings is 1. The van der Waals surface area contributed by atoms with Gasteiger partial charge in [0.2, 0.25) is 5.76 Å². The number of hydrogen-bond donors (Lipinski definition) is 2. The van der Waals surface area contributed by atoms with Crippen molar-refractivity contribution in [1.82, 2.24) is 20.3 Å². The maximum absolute atomic E-state index is 11.9. The summed E-state index contributed by atoms with van der Waals surface area (Å²) in [5.74, 6) is 1.19. The van der Waals surface area contributed by atoms with Crippen molar-refractivity contribution in [2.24, 2.45) is 0 Å². The summed E-state index contributed by atoms with van der Waals surface area (Å²) in [5, 5.41) is 12.6. The Balaban J connectivity index is 1.34. The standard InChI is InChI=1S/C16H19N5O3/c22-12-1-2-21(7-12)15-5-13(18-8-19-15)10-3-11(4-10)20-16(23)14-6-17-9-24-14/h5-6,8-12,22H,1-4,7H2,(H,20,23). The summed E-state index contributed by atoms with van der Waals surface area (Å²) >= 11 is 0. The molecule has 0 spiro atoms. The van der Waals surface area contributed by atoms with Crippen molar-refractivity contribution in [2.75, 3.05) is 18.0 Å². The highest BCUT2D eigenvalue weighted by molar-refractivity contribution is 5.91. The number of aliphatic hydroxyl groups is 1. The fraction of sp³-hybridized carbons (Fsp3) is 0.500. The molecule has 1 aliphatic carbocycles. The van der Waals surface area contributed by atoms with Crippen LogP contribution in [0.5, 0.6) is 0 Å². The first-order valence-electron chi connectivity index (χ1n) is 8.13. The first-order chi connectivity index (χ1) is 11.7. The second-order valence-electron chi connectivity index (χ2n) is 6.39. The topological polar surface area (TPSA) is 104 Å². The zero-order chi connectivity index (χ0) is 16.5. The van der Waals surface area contributed by atoms with E-state index >= 15 is 0 Å². The van der Waals surface area contributed by atoms with E-state index < -0.39 is 0 Å². The molecule has 8 heteroatoms. The van der Waals surface area contributed by atoms with Gasteiger partial charge in [0.05, 0.1) is 12.3 Å². The number of nitrogens with one attached hydrogen (secondary N) is 1. The minimum absolute atomic E-state index is 0.125. The van der Waals surface area contributed by atoms with E-state index in [4.69, 9.17) is 4.42 Å². The molecule has 1 aliphatic heterocycles. The average molecular weight is 329 g/mol. The van der Waals surface area contributed by atoms with Gasteiger partial charge in [0.25, 0.3) is 5.91 Å². The summed E-state index contributed by atoms with van der Waals surface area (Å²) in [6.07, 6.45) is 6.43. The number of hydrogen-bond acceptors (Lipinski definition) is 7. The third-order valence-electron chi connectivity index (χ3n) is 4.71. The summed E-state index contributed by atoms with van der Waals surface area (Å²) in [7, 11) is 0. The number of aromatic nitrogens is 3. The number of rotatable bonds is 4. The van der Waals surface area contributed by atoms with Crippen LogP contribution in [0.3, 0.4) is 0 Å². The van der Waals surface area contributed by atoms with Gasteiger partial charge in [-0.15, -0.1) is 0 Å². The number of amides is 1. The van der Waals surface area contributed by atoms with Crippen LogP contribution in [0.15, 0.2) is 29.4 Å². The SMILES string of the molecule is O=C(NC1CC(c2cc(N3CCC(O)C3)ncn2)C1)c1cnco1. The van der Waals surface area contributed by atoms with Crippen molar-refractivity contribution in [3.8, 4) is 0 Å². The van der Waals surface area contributed by atoms with Crippen molar-refractivity contribution >= 4 is 11.7 Å². The largest absolute Gasteiger partial charge is 0.438 e. The number of carbonyl (C=O) groups is 1. The number of aliphatic hydroxyl groups excluding tert-OH is 1. The molecule has 8 nitrogen and oxygen atoms in total. The van der Waals surface area contributed by atoms with Gasteiger partial charge in [-0.05, 0) is 19.3 Å². The van der Waals surface area contributed by atoms with Crippen LogP contribution in [0.4, 0.5) is 5.82 Å². The van der Waals surface area contributed by atoms with Crippen LogP contribution in [-0.4, -0.2) is 51.2 Å². The maximum Gasteiger partial charge on any atom is 0.288 e. The summed E-state index contributed by atoms with van der Waals surface area (Å²) in [6.45, 7) is 1.44. The van der Waals surface area contributed by atoms with Crippen LogP contribution in [-0.2, 0) is 0 Å². The van der Waals surface area contributed by atoms with E-state index in [1.807, 2.05) is 6.07 Å². The lowest BCUT2D eigenvalue weighted by Crippen LogP contribution is -2.43. The van der Waals surface area contributed by atoms with E-state index in [9.17, 15) is 9.90 Å². The van der Waals surface area contributed by atoms with E-state index in [1.54, 1.807) is 6.33 Å². The highest BCUT2D eigenvalue weighted by atomic mass is 16.3. The molecule has 1 saturated heterocycles. The fourth-order valence-electron chi connectivity index (χ4n) is 3.27. The van der Waals surface area contributed by atoms with Crippen LogP contribution in [0, 0.1) is 0 Å². The molecule has 2 aromatic rings. The predicted octanol–water partition coefficient (Wildman–Crippen LogP) is 0.712. The highest BCUT2D eigenvalue weighted by Crippen LogP contribution is 2.37. The lowest BCUT2D eigenvalue weighted by molar-refractivity contribution is 0.0880. The molecular formula is C16H19N5O3. The maximum atomic E-state index is 11.9. The highest BCUT2D eigenvalue weighted by Gasteiger charge is 2.33. The van der Waals surface area contributed by atoms with Gasteiger partial charge in [-0.2, -0.15) is 0 Å². The van der Waals surface area contributed by atoms with Gasteiger partial charge in [0.1, 0.15) is 12.1 Å². The normalized spacial score (nSPS) is 26.2. The zero-order valence-corrected chi connectivity index (χ0v) is 13.1. The lowest BCUT2D eigenvalue weighted by atomic mass is 9.78. The molecule has 0 bridgehead atoms. The van der Waals surface area contributed by atoms with Crippen molar-refractivity contribution in [3.05, 3.63) is 36.4 Å². The Bertz CT molecular complexity index is 714. The second kappa shape index (κ2) is 6.20. The zero-order valence-electron chi connectivity index (χ0n) is 13.1. The van der Waals surface area contributed by atoms with Gasteiger partial charge in [-0.3, -0.25) is 4.79 Å². The van der Waals surface area contributed by atoms with Gasteiger partial charge in [0.15, 0.2) is 6.39 Å². The van der Waals surface area contributed by atoms with Gasteiger partial charge in [-0.1, -0.05) is 0 Å². The van der Waals surface area contributed by atoms with Crippen LogP contribution < -0.4 is 10.2 Å². The van der Waals surface area contributed by atoms with Crippen molar-refractivity contribution in [1.29, 1.82) is 0 Å².